The average molecular weight is 294 g/mol. The predicted octanol–water partition coefficient (Wildman–Crippen LogP) is 5.07. The molecule has 0 fully saturated rings. The van der Waals surface area contributed by atoms with Gasteiger partial charge in [-0.2, -0.15) is 0 Å². The highest BCUT2D eigenvalue weighted by Crippen LogP contribution is 2.38. The quantitative estimate of drug-likeness (QED) is 0.812. The molecule has 3 rings (SSSR count). The zero-order valence-corrected chi connectivity index (χ0v) is 13.1. The van der Waals surface area contributed by atoms with E-state index in [0.29, 0.717) is 17.4 Å². The lowest BCUT2D eigenvalue weighted by atomic mass is 9.81. The van der Waals surface area contributed by atoms with E-state index >= 15 is 0 Å². The van der Waals surface area contributed by atoms with Crippen molar-refractivity contribution < 1.29 is 10.2 Å². The number of hydrogen-bond acceptors (Lipinski definition) is 2. The summed E-state index contributed by atoms with van der Waals surface area (Å²) in [6.07, 6.45) is 5.53. The number of benzene rings is 2. The van der Waals surface area contributed by atoms with Crippen molar-refractivity contribution in [2.24, 2.45) is 0 Å². The van der Waals surface area contributed by atoms with E-state index in [1.807, 2.05) is 25.1 Å². The van der Waals surface area contributed by atoms with Gasteiger partial charge in [-0.3, -0.25) is 0 Å². The van der Waals surface area contributed by atoms with Crippen LogP contribution in [0.2, 0.25) is 0 Å². The van der Waals surface area contributed by atoms with Gasteiger partial charge >= 0.3 is 0 Å². The van der Waals surface area contributed by atoms with Crippen LogP contribution in [0.5, 0.6) is 11.5 Å². The topological polar surface area (TPSA) is 40.5 Å². The predicted molar refractivity (Wildman–Crippen MR) is 90.3 cm³/mol. The summed E-state index contributed by atoms with van der Waals surface area (Å²) in [6, 6.07) is 11.5. The monoisotopic (exact) mass is 294 g/mol. The molecule has 2 nitrogen and oxygen atoms in total. The van der Waals surface area contributed by atoms with Crippen LogP contribution in [0.1, 0.15) is 47.4 Å². The van der Waals surface area contributed by atoms with E-state index in [9.17, 15) is 10.2 Å². The van der Waals surface area contributed by atoms with Crippen molar-refractivity contribution in [1.29, 1.82) is 0 Å². The van der Waals surface area contributed by atoms with Gasteiger partial charge in [0.05, 0.1) is 0 Å². The normalized spacial score (nSPS) is 18.1. The standard InChI is InChI=1S/C20H22O2/c1-13-12-20(22)14(2)11-19(13)17-5-3-15(4-6-17)16-7-9-18(21)10-8-16/h5,7-12,15,21-22H,3-4,6H2,1-2H3. The number of hydrogen-bond donors (Lipinski definition) is 2. The summed E-state index contributed by atoms with van der Waals surface area (Å²) in [5.74, 6) is 1.23. The Kier molecular flexibility index (Phi) is 3.93. The van der Waals surface area contributed by atoms with Crippen molar-refractivity contribution in [2.45, 2.75) is 39.0 Å². The molecule has 2 N–H and O–H groups in total. The minimum absolute atomic E-state index is 0.325. The molecule has 0 saturated heterocycles. The first kappa shape index (κ1) is 14.7. The molecule has 2 heteroatoms. The van der Waals surface area contributed by atoms with Crippen LogP contribution in [-0.4, -0.2) is 10.2 Å². The zero-order chi connectivity index (χ0) is 15.7. The first-order valence-corrected chi connectivity index (χ1v) is 7.83. The van der Waals surface area contributed by atoms with Crippen LogP contribution in [0.4, 0.5) is 0 Å². The fourth-order valence-corrected chi connectivity index (χ4v) is 3.27. The molecule has 1 atom stereocenters. The van der Waals surface area contributed by atoms with Crippen molar-refractivity contribution >= 4 is 5.57 Å². The number of aryl methyl sites for hydroxylation is 2. The molecule has 114 valence electrons. The van der Waals surface area contributed by atoms with Crippen LogP contribution in [0.25, 0.3) is 5.57 Å². The van der Waals surface area contributed by atoms with Crippen molar-refractivity contribution in [1.82, 2.24) is 0 Å². The van der Waals surface area contributed by atoms with Crippen LogP contribution < -0.4 is 0 Å². The number of phenolic OH excluding ortho intramolecular Hbond substituents is 2. The van der Waals surface area contributed by atoms with E-state index in [-0.39, 0.29) is 0 Å². The lowest BCUT2D eigenvalue weighted by Gasteiger charge is -2.24. The van der Waals surface area contributed by atoms with E-state index in [2.05, 4.69) is 19.1 Å². The lowest BCUT2D eigenvalue weighted by Crippen LogP contribution is -2.05. The molecule has 22 heavy (non-hydrogen) atoms. The van der Waals surface area contributed by atoms with Gasteiger partial charge in [0.2, 0.25) is 0 Å². The zero-order valence-electron chi connectivity index (χ0n) is 13.1. The summed E-state index contributed by atoms with van der Waals surface area (Å²) in [6.45, 7) is 4.00. The van der Waals surface area contributed by atoms with Gasteiger partial charge in [-0.1, -0.05) is 18.2 Å². The van der Waals surface area contributed by atoms with Crippen molar-refractivity contribution in [3.05, 3.63) is 64.7 Å². The van der Waals surface area contributed by atoms with E-state index < -0.39 is 0 Å². The smallest absolute Gasteiger partial charge is 0.118 e. The molecule has 2 aromatic rings. The van der Waals surface area contributed by atoms with E-state index in [1.165, 1.54) is 16.7 Å². The number of allylic oxidation sites excluding steroid dienone is 2. The Morgan fingerprint density at radius 1 is 0.955 bits per heavy atom. The van der Waals surface area contributed by atoms with Crippen molar-refractivity contribution in [2.75, 3.05) is 0 Å². The number of phenols is 2. The van der Waals surface area contributed by atoms with Crippen LogP contribution in [-0.2, 0) is 0 Å². The van der Waals surface area contributed by atoms with Gasteiger partial charge in [-0.25, -0.2) is 0 Å². The van der Waals surface area contributed by atoms with E-state index in [1.54, 1.807) is 12.1 Å². The molecule has 0 saturated carbocycles. The third kappa shape index (κ3) is 2.87. The Labute approximate surface area is 131 Å². The Balaban J connectivity index is 1.82. The largest absolute Gasteiger partial charge is 0.508 e. The molecule has 0 aliphatic heterocycles. The van der Waals surface area contributed by atoms with Crippen molar-refractivity contribution in [3.8, 4) is 11.5 Å². The van der Waals surface area contributed by atoms with Gasteiger partial charge < -0.3 is 10.2 Å². The maximum atomic E-state index is 9.80. The summed E-state index contributed by atoms with van der Waals surface area (Å²) in [5, 5.41) is 19.2. The first-order valence-electron chi connectivity index (χ1n) is 7.83. The Hall–Kier alpha value is -2.22. The molecular weight excluding hydrogens is 272 g/mol. The molecule has 0 bridgehead atoms. The fourth-order valence-electron chi connectivity index (χ4n) is 3.27. The first-order chi connectivity index (χ1) is 10.5. The molecule has 0 spiro atoms. The fraction of sp³-hybridized carbons (Fsp3) is 0.300. The third-order valence-corrected chi connectivity index (χ3v) is 4.66. The second kappa shape index (κ2) is 5.88. The van der Waals surface area contributed by atoms with Crippen LogP contribution in [0.15, 0.2) is 42.5 Å². The Morgan fingerprint density at radius 2 is 1.68 bits per heavy atom. The van der Waals surface area contributed by atoms with Gasteiger partial charge in [0, 0.05) is 0 Å². The van der Waals surface area contributed by atoms with Gasteiger partial charge in [-0.05, 0) is 91.1 Å². The van der Waals surface area contributed by atoms with E-state index in [0.717, 1.165) is 30.4 Å². The van der Waals surface area contributed by atoms with Gasteiger partial charge in [0.25, 0.3) is 0 Å². The maximum Gasteiger partial charge on any atom is 0.118 e. The van der Waals surface area contributed by atoms with Gasteiger partial charge in [-0.15, -0.1) is 0 Å². The molecule has 0 aromatic heterocycles. The van der Waals surface area contributed by atoms with E-state index in [4.69, 9.17) is 0 Å². The molecule has 1 unspecified atom stereocenters. The highest BCUT2D eigenvalue weighted by atomic mass is 16.3. The molecular formula is C20H22O2. The third-order valence-electron chi connectivity index (χ3n) is 4.66. The summed E-state index contributed by atoms with van der Waals surface area (Å²) < 4.78 is 0. The van der Waals surface area contributed by atoms with Gasteiger partial charge in [0.15, 0.2) is 0 Å². The second-order valence-corrected chi connectivity index (χ2v) is 6.25. The Morgan fingerprint density at radius 3 is 2.32 bits per heavy atom. The molecule has 2 aromatic carbocycles. The minimum Gasteiger partial charge on any atom is -0.508 e. The van der Waals surface area contributed by atoms with Crippen LogP contribution >= 0.6 is 0 Å². The highest BCUT2D eigenvalue weighted by Gasteiger charge is 2.18. The lowest BCUT2D eigenvalue weighted by molar-refractivity contribution is 0.470. The second-order valence-electron chi connectivity index (χ2n) is 6.25. The molecule has 0 amide bonds. The Bertz CT molecular complexity index is 711. The number of aromatic hydroxyl groups is 2. The molecule has 1 aliphatic rings. The molecule has 1 aliphatic carbocycles. The average Bonchev–Trinajstić information content (AvgIpc) is 2.52. The minimum atomic E-state index is 0.325. The highest BCUT2D eigenvalue weighted by molar-refractivity contribution is 5.70. The van der Waals surface area contributed by atoms with Crippen molar-refractivity contribution in [3.63, 3.8) is 0 Å². The summed E-state index contributed by atoms with van der Waals surface area (Å²) in [5.41, 5.74) is 6.02. The van der Waals surface area contributed by atoms with Gasteiger partial charge in [0.1, 0.15) is 11.5 Å². The summed E-state index contributed by atoms with van der Waals surface area (Å²) in [4.78, 5) is 0. The molecule has 0 heterocycles. The maximum absolute atomic E-state index is 9.80. The van der Waals surface area contributed by atoms with Crippen LogP contribution in [0, 0.1) is 13.8 Å². The summed E-state index contributed by atoms with van der Waals surface area (Å²) in [7, 11) is 0. The molecule has 0 radical (unpaired) electrons. The van der Waals surface area contributed by atoms with Crippen LogP contribution in [0.3, 0.4) is 0 Å². The summed E-state index contributed by atoms with van der Waals surface area (Å²) >= 11 is 0. The SMILES string of the molecule is Cc1cc(C2=CCC(c3ccc(O)cc3)CC2)c(C)cc1O. The number of rotatable bonds is 2.